The average molecular weight is 225 g/mol. The second-order valence-electron chi connectivity index (χ2n) is 4.21. The van der Waals surface area contributed by atoms with Crippen molar-refractivity contribution in [3.63, 3.8) is 0 Å². The SMILES string of the molecule is CC(CO)(CO)NCc1ccc(CO)cc1. The molecule has 0 unspecified atom stereocenters. The highest BCUT2D eigenvalue weighted by atomic mass is 16.3. The first-order valence-electron chi connectivity index (χ1n) is 5.29. The summed E-state index contributed by atoms with van der Waals surface area (Å²) in [6.45, 7) is 2.15. The third-order valence-electron chi connectivity index (χ3n) is 2.62. The maximum atomic E-state index is 9.09. The van der Waals surface area contributed by atoms with E-state index in [0.29, 0.717) is 6.54 Å². The molecule has 0 saturated carbocycles. The molecule has 0 radical (unpaired) electrons. The van der Waals surface area contributed by atoms with Gasteiger partial charge in [0.15, 0.2) is 0 Å². The van der Waals surface area contributed by atoms with Crippen LogP contribution < -0.4 is 5.32 Å². The molecule has 0 aliphatic heterocycles. The molecule has 0 atom stereocenters. The van der Waals surface area contributed by atoms with Crippen molar-refractivity contribution in [2.75, 3.05) is 13.2 Å². The Bertz CT molecular complexity index is 307. The Hall–Kier alpha value is -0.940. The molecule has 0 fully saturated rings. The van der Waals surface area contributed by atoms with Crippen LogP contribution in [0.4, 0.5) is 0 Å². The Labute approximate surface area is 95.6 Å². The zero-order valence-electron chi connectivity index (χ0n) is 9.48. The monoisotopic (exact) mass is 225 g/mol. The first-order chi connectivity index (χ1) is 7.63. The van der Waals surface area contributed by atoms with Crippen LogP contribution in [-0.4, -0.2) is 34.1 Å². The van der Waals surface area contributed by atoms with Gasteiger partial charge in [0.1, 0.15) is 0 Å². The minimum absolute atomic E-state index is 0.0404. The lowest BCUT2D eigenvalue weighted by molar-refractivity contribution is 0.103. The second kappa shape index (κ2) is 5.96. The summed E-state index contributed by atoms with van der Waals surface area (Å²) in [6, 6.07) is 7.53. The molecular weight excluding hydrogens is 206 g/mol. The molecule has 0 amide bonds. The molecule has 4 N–H and O–H groups in total. The normalized spacial score (nSPS) is 11.8. The smallest absolute Gasteiger partial charge is 0.0681 e. The molecule has 0 saturated heterocycles. The van der Waals surface area contributed by atoms with E-state index in [4.69, 9.17) is 15.3 Å². The van der Waals surface area contributed by atoms with Gasteiger partial charge >= 0.3 is 0 Å². The molecule has 4 heteroatoms. The van der Waals surface area contributed by atoms with Gasteiger partial charge in [-0.1, -0.05) is 24.3 Å². The van der Waals surface area contributed by atoms with Crippen LogP contribution in [0.1, 0.15) is 18.1 Å². The van der Waals surface area contributed by atoms with E-state index in [9.17, 15) is 0 Å². The van der Waals surface area contributed by atoms with Crippen LogP contribution >= 0.6 is 0 Å². The standard InChI is InChI=1S/C12H19NO3/c1-12(8-15,9-16)13-6-10-2-4-11(7-14)5-3-10/h2-5,13-16H,6-9H2,1H3. The Morgan fingerprint density at radius 1 is 1.00 bits per heavy atom. The molecule has 0 aromatic heterocycles. The topological polar surface area (TPSA) is 72.7 Å². The summed E-state index contributed by atoms with van der Waals surface area (Å²) in [5.74, 6) is 0. The lowest BCUT2D eigenvalue weighted by atomic mass is 10.0. The molecule has 1 aromatic rings. The lowest BCUT2D eigenvalue weighted by Gasteiger charge is -2.26. The van der Waals surface area contributed by atoms with Gasteiger partial charge in [-0.25, -0.2) is 0 Å². The van der Waals surface area contributed by atoms with Crippen LogP contribution in [0, 0.1) is 0 Å². The molecule has 0 aliphatic rings. The minimum atomic E-state index is -0.657. The van der Waals surface area contributed by atoms with Crippen molar-refractivity contribution in [1.82, 2.24) is 5.32 Å². The first-order valence-corrected chi connectivity index (χ1v) is 5.29. The predicted octanol–water partition coefficient (Wildman–Crippen LogP) is 0.0118. The zero-order valence-corrected chi connectivity index (χ0v) is 9.48. The van der Waals surface area contributed by atoms with E-state index in [-0.39, 0.29) is 19.8 Å². The highest BCUT2D eigenvalue weighted by molar-refractivity contribution is 5.22. The summed E-state index contributed by atoms with van der Waals surface area (Å²) >= 11 is 0. The van der Waals surface area contributed by atoms with Crippen LogP contribution in [0.25, 0.3) is 0 Å². The van der Waals surface area contributed by atoms with Crippen molar-refractivity contribution in [1.29, 1.82) is 0 Å². The van der Waals surface area contributed by atoms with E-state index in [1.807, 2.05) is 24.3 Å². The van der Waals surface area contributed by atoms with Gasteiger partial charge in [-0.3, -0.25) is 0 Å². The van der Waals surface area contributed by atoms with Crippen LogP contribution in [0.3, 0.4) is 0 Å². The largest absolute Gasteiger partial charge is 0.394 e. The number of benzene rings is 1. The van der Waals surface area contributed by atoms with Gasteiger partial charge in [0.05, 0.1) is 25.4 Å². The summed E-state index contributed by atoms with van der Waals surface area (Å²) < 4.78 is 0. The molecule has 90 valence electrons. The molecule has 16 heavy (non-hydrogen) atoms. The molecule has 0 spiro atoms. The van der Waals surface area contributed by atoms with E-state index >= 15 is 0 Å². The van der Waals surface area contributed by atoms with Gasteiger partial charge in [-0.2, -0.15) is 0 Å². The average Bonchev–Trinajstić information content (AvgIpc) is 2.36. The van der Waals surface area contributed by atoms with Gasteiger partial charge in [-0.15, -0.1) is 0 Å². The van der Waals surface area contributed by atoms with E-state index < -0.39 is 5.54 Å². The molecule has 1 rings (SSSR count). The summed E-state index contributed by atoms with van der Waals surface area (Å²) in [6.07, 6.45) is 0. The fourth-order valence-corrected chi connectivity index (χ4v) is 1.24. The van der Waals surface area contributed by atoms with Gasteiger partial charge in [0.2, 0.25) is 0 Å². The maximum Gasteiger partial charge on any atom is 0.0681 e. The zero-order chi connectivity index (χ0) is 12.0. The first kappa shape index (κ1) is 13.1. The summed E-state index contributed by atoms with van der Waals surface area (Å²) in [4.78, 5) is 0. The Morgan fingerprint density at radius 3 is 1.94 bits per heavy atom. The number of hydrogen-bond acceptors (Lipinski definition) is 4. The van der Waals surface area contributed by atoms with E-state index in [2.05, 4.69) is 5.32 Å². The Morgan fingerprint density at radius 2 is 1.50 bits per heavy atom. The van der Waals surface area contributed by atoms with Crippen molar-refractivity contribution >= 4 is 0 Å². The predicted molar refractivity (Wildman–Crippen MR) is 61.8 cm³/mol. The number of rotatable bonds is 6. The highest BCUT2D eigenvalue weighted by Gasteiger charge is 2.20. The third kappa shape index (κ3) is 3.57. The van der Waals surface area contributed by atoms with E-state index in [0.717, 1.165) is 11.1 Å². The fourth-order valence-electron chi connectivity index (χ4n) is 1.24. The number of nitrogens with one attached hydrogen (secondary N) is 1. The molecular formula is C12H19NO3. The van der Waals surface area contributed by atoms with E-state index in [1.54, 1.807) is 6.92 Å². The summed E-state index contributed by atoms with van der Waals surface area (Å²) in [5, 5.41) is 30.1. The van der Waals surface area contributed by atoms with Crippen molar-refractivity contribution < 1.29 is 15.3 Å². The molecule has 1 aromatic carbocycles. The quantitative estimate of drug-likeness (QED) is 0.550. The van der Waals surface area contributed by atoms with Crippen LogP contribution in [0.15, 0.2) is 24.3 Å². The summed E-state index contributed by atoms with van der Waals surface area (Å²) in [5.41, 5.74) is 1.26. The minimum Gasteiger partial charge on any atom is -0.394 e. The number of aliphatic hydroxyl groups excluding tert-OH is 3. The van der Waals surface area contributed by atoms with Crippen LogP contribution in [0.5, 0.6) is 0 Å². The van der Waals surface area contributed by atoms with Gasteiger partial charge in [0, 0.05) is 6.54 Å². The van der Waals surface area contributed by atoms with Crippen molar-refractivity contribution in [3.8, 4) is 0 Å². The maximum absolute atomic E-state index is 9.09. The van der Waals surface area contributed by atoms with Gasteiger partial charge in [-0.05, 0) is 18.1 Å². The Kier molecular flexibility index (Phi) is 4.89. The third-order valence-corrected chi connectivity index (χ3v) is 2.62. The second-order valence-corrected chi connectivity index (χ2v) is 4.21. The molecule has 4 nitrogen and oxygen atoms in total. The van der Waals surface area contributed by atoms with E-state index in [1.165, 1.54) is 0 Å². The molecule has 0 aliphatic carbocycles. The molecule has 0 bridgehead atoms. The summed E-state index contributed by atoms with van der Waals surface area (Å²) in [7, 11) is 0. The molecule has 0 heterocycles. The Balaban J connectivity index is 2.54. The highest BCUT2D eigenvalue weighted by Crippen LogP contribution is 2.07. The number of hydrogen-bond donors (Lipinski definition) is 4. The number of aliphatic hydroxyl groups is 3. The van der Waals surface area contributed by atoms with Crippen molar-refractivity contribution in [3.05, 3.63) is 35.4 Å². The fraction of sp³-hybridized carbons (Fsp3) is 0.500. The van der Waals surface area contributed by atoms with Gasteiger partial charge < -0.3 is 20.6 Å². The van der Waals surface area contributed by atoms with Crippen molar-refractivity contribution in [2.24, 2.45) is 0 Å². The lowest BCUT2D eigenvalue weighted by Crippen LogP contribution is -2.48. The van der Waals surface area contributed by atoms with Crippen molar-refractivity contribution in [2.45, 2.75) is 25.6 Å². The van der Waals surface area contributed by atoms with Crippen LogP contribution in [-0.2, 0) is 13.2 Å². The van der Waals surface area contributed by atoms with Crippen LogP contribution in [0.2, 0.25) is 0 Å². The van der Waals surface area contributed by atoms with Gasteiger partial charge in [0.25, 0.3) is 0 Å².